The highest BCUT2D eigenvalue weighted by atomic mass is 35.5. The number of halogens is 1. The van der Waals surface area contributed by atoms with Gasteiger partial charge in [-0.25, -0.2) is 9.97 Å². The van der Waals surface area contributed by atoms with Crippen LogP contribution in [-0.4, -0.2) is 65.1 Å². The molecule has 1 unspecified atom stereocenters. The molecule has 1 saturated carbocycles. The van der Waals surface area contributed by atoms with Gasteiger partial charge in [0, 0.05) is 55.4 Å². The van der Waals surface area contributed by atoms with E-state index < -0.39 is 5.66 Å². The number of carbonyl (C=O) groups is 1. The zero-order chi connectivity index (χ0) is 28.6. The van der Waals surface area contributed by atoms with Gasteiger partial charge in [0.1, 0.15) is 22.3 Å². The molecule has 41 heavy (non-hydrogen) atoms. The molecule has 6 rings (SSSR count). The quantitative estimate of drug-likeness (QED) is 0.388. The van der Waals surface area contributed by atoms with E-state index in [9.17, 15) is 4.79 Å². The van der Waals surface area contributed by atoms with Crippen molar-refractivity contribution < 1.29 is 9.53 Å². The van der Waals surface area contributed by atoms with Gasteiger partial charge in [0.2, 0.25) is 0 Å². The molecule has 2 saturated heterocycles. The molecule has 11 nitrogen and oxygen atoms in total. The molecule has 13 heteroatoms. The molecule has 2 aromatic heterocycles. The number of nitrogens with zero attached hydrogens (tertiary/aromatic N) is 5. The molecular formula is C28H36ClN9O2S. The van der Waals surface area contributed by atoms with Crippen LogP contribution in [0.2, 0.25) is 5.02 Å². The van der Waals surface area contributed by atoms with Crippen LogP contribution in [0.5, 0.6) is 0 Å². The second kappa shape index (κ2) is 11.5. The topological polar surface area (TPSA) is 157 Å². The third-order valence-electron chi connectivity index (χ3n) is 8.81. The average molecular weight is 598 g/mol. The molecule has 2 aromatic rings. The van der Waals surface area contributed by atoms with Gasteiger partial charge in [0.25, 0.3) is 0 Å². The Labute approximate surface area is 249 Å². The fourth-order valence-corrected chi connectivity index (χ4v) is 7.34. The lowest BCUT2D eigenvalue weighted by atomic mass is 9.73. The van der Waals surface area contributed by atoms with E-state index in [2.05, 4.69) is 35.5 Å². The summed E-state index contributed by atoms with van der Waals surface area (Å²) in [7, 11) is 0. The molecule has 4 aliphatic rings. The number of aromatic nitrogens is 3. The van der Waals surface area contributed by atoms with E-state index in [-0.39, 0.29) is 23.5 Å². The first-order valence-electron chi connectivity index (χ1n) is 14.1. The maximum absolute atomic E-state index is 12.3. The maximum Gasteiger partial charge on any atom is 0.197 e. The molecule has 0 radical (unpaired) electrons. The van der Waals surface area contributed by atoms with Gasteiger partial charge in [-0.3, -0.25) is 14.8 Å². The Morgan fingerprint density at radius 1 is 1.27 bits per heavy atom. The van der Waals surface area contributed by atoms with Crippen molar-refractivity contribution in [2.24, 2.45) is 27.8 Å². The number of nitrogens with two attached hydrogens (primary N) is 2. The first kappa shape index (κ1) is 28.4. The van der Waals surface area contributed by atoms with Crippen LogP contribution in [0.3, 0.4) is 0 Å². The van der Waals surface area contributed by atoms with Crippen molar-refractivity contribution in [1.82, 2.24) is 25.6 Å². The average Bonchev–Trinajstić information content (AvgIpc) is 3.57. The Kier molecular flexibility index (Phi) is 7.94. The van der Waals surface area contributed by atoms with Gasteiger partial charge in [-0.1, -0.05) is 30.3 Å². The first-order valence-corrected chi connectivity index (χ1v) is 15.3. The summed E-state index contributed by atoms with van der Waals surface area (Å²) >= 11 is 8.25. The van der Waals surface area contributed by atoms with E-state index in [4.69, 9.17) is 27.8 Å². The minimum absolute atomic E-state index is 0.0548. The van der Waals surface area contributed by atoms with Gasteiger partial charge >= 0.3 is 0 Å². The van der Waals surface area contributed by atoms with Crippen LogP contribution in [0.25, 0.3) is 0 Å². The van der Waals surface area contributed by atoms with Crippen molar-refractivity contribution in [1.29, 1.82) is 0 Å². The largest absolute Gasteiger partial charge is 0.376 e. The highest BCUT2D eigenvalue weighted by Crippen LogP contribution is 2.46. The number of aliphatic imine (C=N–C) groups is 1. The highest BCUT2D eigenvalue weighted by molar-refractivity contribution is 7.99. The van der Waals surface area contributed by atoms with Crippen LogP contribution >= 0.6 is 23.4 Å². The van der Waals surface area contributed by atoms with Crippen LogP contribution in [0.4, 0.5) is 5.82 Å². The molecule has 218 valence electrons. The van der Waals surface area contributed by atoms with E-state index in [1.165, 1.54) is 11.8 Å². The summed E-state index contributed by atoms with van der Waals surface area (Å²) in [6, 6.07) is 1.77. The Bertz CT molecular complexity index is 1340. The number of carbonyl (C=O) groups excluding carboxylic acids is 1. The number of rotatable bonds is 6. The minimum Gasteiger partial charge on any atom is -0.376 e. The molecule has 5 heterocycles. The Morgan fingerprint density at radius 2 is 2.10 bits per heavy atom. The van der Waals surface area contributed by atoms with Gasteiger partial charge in [-0.05, 0) is 43.2 Å². The van der Waals surface area contributed by atoms with Gasteiger partial charge < -0.3 is 31.7 Å². The van der Waals surface area contributed by atoms with Crippen molar-refractivity contribution in [3.05, 3.63) is 47.6 Å². The van der Waals surface area contributed by atoms with Crippen molar-refractivity contribution in [3.63, 3.8) is 0 Å². The monoisotopic (exact) mass is 597 g/mol. The van der Waals surface area contributed by atoms with E-state index in [0.717, 1.165) is 56.1 Å². The third-order valence-corrected chi connectivity index (χ3v) is 10.3. The molecule has 3 aliphatic heterocycles. The predicted octanol–water partition coefficient (Wildman–Crippen LogP) is 2.55. The van der Waals surface area contributed by atoms with Crippen LogP contribution in [0.15, 0.2) is 51.8 Å². The number of ketones is 1. The van der Waals surface area contributed by atoms with Gasteiger partial charge in [-0.2, -0.15) is 0 Å². The zero-order valence-corrected chi connectivity index (χ0v) is 24.6. The number of anilines is 1. The van der Waals surface area contributed by atoms with Crippen LogP contribution in [0.1, 0.15) is 44.7 Å². The van der Waals surface area contributed by atoms with Gasteiger partial charge in [0.05, 0.1) is 30.1 Å². The lowest BCUT2D eigenvalue weighted by Crippen LogP contribution is -2.58. The molecule has 4 atom stereocenters. The number of nitrogens with one attached hydrogen (secondary N) is 2. The second-order valence-electron chi connectivity index (χ2n) is 11.4. The summed E-state index contributed by atoms with van der Waals surface area (Å²) in [4.78, 5) is 33.7. The van der Waals surface area contributed by atoms with Crippen molar-refractivity contribution in [3.8, 4) is 0 Å². The molecule has 3 fully saturated rings. The number of ether oxygens (including phenoxy) is 1. The Morgan fingerprint density at radius 3 is 2.78 bits per heavy atom. The summed E-state index contributed by atoms with van der Waals surface area (Å²) in [6.07, 6.45) is 13.3. The molecule has 0 bridgehead atoms. The standard InChI is InChI=1S/C28H36ClN9O2S/c1-17-19(39)13-27(24(17)30)6-10-38(11-7-27)21-15-35-22(16-34-21)41-20-4-8-32-25(23(20)29)28(31)5-9-33-26(37-28)36-14-18-3-2-12-40-18/h4-5,8-9,15-18,24H,2-3,6-7,10-14,30-31H2,1H3,(H2,33,36,37)/t17-,18-,24+,28?/m1/s1. The van der Waals surface area contributed by atoms with E-state index >= 15 is 0 Å². The molecule has 1 aliphatic carbocycles. The third kappa shape index (κ3) is 5.68. The molecule has 6 N–H and O–H groups in total. The van der Waals surface area contributed by atoms with Crippen molar-refractivity contribution >= 4 is 40.9 Å². The van der Waals surface area contributed by atoms with E-state index in [1.807, 2.05) is 13.0 Å². The van der Waals surface area contributed by atoms with E-state index in [1.54, 1.807) is 30.9 Å². The SMILES string of the molecule is C[C@@H]1C(=O)CC2(CCN(c3cnc(Sc4ccnc(C5(N)C=CNC(=NC[C@H]6CCCO6)N5)c4Cl)cn3)CC2)[C@H]1N. The summed E-state index contributed by atoms with van der Waals surface area (Å²) in [5, 5.41) is 7.46. The fourth-order valence-electron chi connectivity index (χ4n) is 6.21. The summed E-state index contributed by atoms with van der Waals surface area (Å²) in [6.45, 7) is 4.91. The van der Waals surface area contributed by atoms with Crippen LogP contribution in [-0.2, 0) is 15.2 Å². The number of guanidine groups is 1. The van der Waals surface area contributed by atoms with Gasteiger partial charge in [-0.15, -0.1) is 0 Å². The molecule has 1 spiro atoms. The predicted molar refractivity (Wildman–Crippen MR) is 159 cm³/mol. The Hall–Kier alpha value is -2.77. The highest BCUT2D eigenvalue weighted by Gasteiger charge is 2.50. The number of hydrogen-bond donors (Lipinski definition) is 4. The lowest BCUT2D eigenvalue weighted by Gasteiger charge is -2.42. The van der Waals surface area contributed by atoms with Gasteiger partial charge in [0.15, 0.2) is 11.6 Å². The summed E-state index contributed by atoms with van der Waals surface area (Å²) < 4.78 is 5.67. The maximum atomic E-state index is 12.3. The Balaban J connectivity index is 1.11. The van der Waals surface area contributed by atoms with E-state index in [0.29, 0.717) is 40.5 Å². The second-order valence-corrected chi connectivity index (χ2v) is 12.8. The van der Waals surface area contributed by atoms with Crippen molar-refractivity contribution in [2.75, 3.05) is 31.1 Å². The number of Topliss-reactive ketones (excluding diaryl/α,β-unsaturated/α-hetero) is 1. The van der Waals surface area contributed by atoms with Crippen molar-refractivity contribution in [2.45, 2.75) is 66.8 Å². The smallest absolute Gasteiger partial charge is 0.197 e. The molecule has 0 amide bonds. The summed E-state index contributed by atoms with van der Waals surface area (Å²) in [5.41, 5.74) is 12.4. The van der Waals surface area contributed by atoms with Crippen LogP contribution < -0.4 is 27.0 Å². The minimum atomic E-state index is -1.14. The summed E-state index contributed by atoms with van der Waals surface area (Å²) in [5.74, 6) is 1.60. The number of hydrogen-bond acceptors (Lipinski definition) is 10. The fraction of sp³-hybridized carbons (Fsp3) is 0.536. The number of pyridine rings is 1. The first-order chi connectivity index (χ1) is 19.8. The van der Waals surface area contributed by atoms with Crippen LogP contribution in [0, 0.1) is 11.3 Å². The normalized spacial score (nSPS) is 30.1. The zero-order valence-electron chi connectivity index (χ0n) is 23.1. The molecular weight excluding hydrogens is 562 g/mol. The lowest BCUT2D eigenvalue weighted by molar-refractivity contribution is -0.120. The number of piperidine rings is 1. The molecule has 0 aromatic carbocycles.